The topological polar surface area (TPSA) is 63.6 Å². The van der Waals surface area contributed by atoms with Crippen molar-refractivity contribution >= 4 is 17.3 Å². The highest BCUT2D eigenvalue weighted by Gasteiger charge is 2.04. The fourth-order valence-electron chi connectivity index (χ4n) is 1.58. The van der Waals surface area contributed by atoms with Gasteiger partial charge in [-0.25, -0.2) is 15.0 Å². The number of hydrogen-bond acceptors (Lipinski definition) is 6. The van der Waals surface area contributed by atoms with E-state index in [-0.39, 0.29) is 0 Å². The van der Waals surface area contributed by atoms with Gasteiger partial charge >= 0.3 is 0 Å². The molecule has 19 heavy (non-hydrogen) atoms. The lowest BCUT2D eigenvalue weighted by atomic mass is 10.3. The Kier molecular flexibility index (Phi) is 3.42. The SMILES string of the molecule is c1cnc(NCc2csc(-c3ccncc3)n2)nc1. The monoisotopic (exact) mass is 269 g/mol. The van der Waals surface area contributed by atoms with Crippen molar-refractivity contribution in [2.45, 2.75) is 6.54 Å². The van der Waals surface area contributed by atoms with Gasteiger partial charge in [0.1, 0.15) is 5.01 Å². The summed E-state index contributed by atoms with van der Waals surface area (Å²) >= 11 is 1.62. The Hall–Kier alpha value is -2.34. The maximum atomic E-state index is 4.57. The van der Waals surface area contributed by atoms with Gasteiger partial charge < -0.3 is 5.32 Å². The molecular formula is C13H11N5S. The zero-order valence-corrected chi connectivity index (χ0v) is 10.8. The molecule has 5 nitrogen and oxygen atoms in total. The highest BCUT2D eigenvalue weighted by Crippen LogP contribution is 2.22. The zero-order valence-electron chi connectivity index (χ0n) is 10.0. The fourth-order valence-corrected chi connectivity index (χ4v) is 2.40. The van der Waals surface area contributed by atoms with Gasteiger partial charge in [0, 0.05) is 35.7 Å². The minimum Gasteiger partial charge on any atom is -0.349 e. The average Bonchev–Trinajstić information content (AvgIpc) is 2.96. The highest BCUT2D eigenvalue weighted by atomic mass is 32.1. The summed E-state index contributed by atoms with van der Waals surface area (Å²) in [6.45, 7) is 0.617. The van der Waals surface area contributed by atoms with Crippen LogP contribution < -0.4 is 5.32 Å². The lowest BCUT2D eigenvalue weighted by Crippen LogP contribution is -2.02. The molecule has 6 heteroatoms. The molecule has 94 valence electrons. The van der Waals surface area contributed by atoms with E-state index in [9.17, 15) is 0 Å². The Balaban J connectivity index is 1.69. The van der Waals surface area contributed by atoms with Gasteiger partial charge in [-0.1, -0.05) is 0 Å². The van der Waals surface area contributed by atoms with Crippen LogP contribution in [0.25, 0.3) is 10.6 Å². The van der Waals surface area contributed by atoms with Crippen LogP contribution in [0.1, 0.15) is 5.69 Å². The lowest BCUT2D eigenvalue weighted by Gasteiger charge is -2.00. The molecule has 0 aromatic carbocycles. The first-order chi connectivity index (χ1) is 9.42. The van der Waals surface area contributed by atoms with Crippen LogP contribution in [0.15, 0.2) is 48.4 Å². The first-order valence-electron chi connectivity index (χ1n) is 5.77. The van der Waals surface area contributed by atoms with Crippen molar-refractivity contribution in [2.24, 2.45) is 0 Å². The Bertz CT molecular complexity index is 638. The van der Waals surface area contributed by atoms with Crippen LogP contribution in [0.3, 0.4) is 0 Å². The quantitative estimate of drug-likeness (QED) is 0.788. The predicted molar refractivity (Wildman–Crippen MR) is 74.7 cm³/mol. The fraction of sp³-hybridized carbons (Fsp3) is 0.0769. The second-order valence-electron chi connectivity index (χ2n) is 3.81. The summed E-state index contributed by atoms with van der Waals surface area (Å²) in [6.07, 6.45) is 6.95. The van der Waals surface area contributed by atoms with E-state index in [2.05, 4.69) is 25.3 Å². The molecule has 0 unspecified atom stereocenters. The number of nitrogens with one attached hydrogen (secondary N) is 1. The Labute approximate surface area is 114 Å². The van der Waals surface area contributed by atoms with Gasteiger partial charge in [0.15, 0.2) is 0 Å². The second kappa shape index (κ2) is 5.53. The van der Waals surface area contributed by atoms with E-state index < -0.39 is 0 Å². The van der Waals surface area contributed by atoms with Crippen LogP contribution in [-0.2, 0) is 6.54 Å². The van der Waals surface area contributed by atoms with E-state index in [1.165, 1.54) is 0 Å². The molecule has 0 bridgehead atoms. The third kappa shape index (κ3) is 2.92. The first kappa shape index (κ1) is 11.7. The average molecular weight is 269 g/mol. The predicted octanol–water partition coefficient (Wildman–Crippen LogP) is 2.61. The molecule has 0 aliphatic heterocycles. The molecule has 1 N–H and O–H groups in total. The molecule has 3 heterocycles. The van der Waals surface area contributed by atoms with Crippen molar-refractivity contribution in [1.29, 1.82) is 0 Å². The van der Waals surface area contributed by atoms with E-state index in [1.54, 1.807) is 42.2 Å². The summed E-state index contributed by atoms with van der Waals surface area (Å²) in [7, 11) is 0. The van der Waals surface area contributed by atoms with E-state index in [0.717, 1.165) is 16.3 Å². The van der Waals surface area contributed by atoms with Crippen molar-refractivity contribution in [1.82, 2.24) is 19.9 Å². The minimum atomic E-state index is 0.612. The van der Waals surface area contributed by atoms with E-state index in [4.69, 9.17) is 0 Å². The molecule has 3 aromatic heterocycles. The molecule has 0 amide bonds. The van der Waals surface area contributed by atoms with Crippen LogP contribution in [0.5, 0.6) is 0 Å². The number of nitrogens with zero attached hydrogens (tertiary/aromatic N) is 4. The maximum absolute atomic E-state index is 4.57. The van der Waals surface area contributed by atoms with Crippen molar-refractivity contribution < 1.29 is 0 Å². The summed E-state index contributed by atoms with van der Waals surface area (Å²) in [5.41, 5.74) is 2.06. The molecule has 0 saturated carbocycles. The molecule has 0 aliphatic carbocycles. The second-order valence-corrected chi connectivity index (χ2v) is 4.66. The Morgan fingerprint density at radius 3 is 2.63 bits per heavy atom. The normalized spacial score (nSPS) is 10.3. The van der Waals surface area contributed by atoms with Gasteiger partial charge in [0.2, 0.25) is 5.95 Å². The van der Waals surface area contributed by atoms with Crippen molar-refractivity contribution in [2.75, 3.05) is 5.32 Å². The molecule has 0 fully saturated rings. The summed E-state index contributed by atoms with van der Waals surface area (Å²) < 4.78 is 0. The van der Waals surface area contributed by atoms with Gasteiger partial charge in [0.05, 0.1) is 12.2 Å². The van der Waals surface area contributed by atoms with Crippen molar-refractivity contribution in [3.05, 3.63) is 54.1 Å². The van der Waals surface area contributed by atoms with E-state index in [1.807, 2.05) is 17.5 Å². The molecule has 0 aliphatic rings. The van der Waals surface area contributed by atoms with Gasteiger partial charge in [-0.15, -0.1) is 11.3 Å². The third-order valence-corrected chi connectivity index (χ3v) is 3.41. The largest absolute Gasteiger partial charge is 0.349 e. The van der Waals surface area contributed by atoms with Crippen LogP contribution in [0, 0.1) is 0 Å². The van der Waals surface area contributed by atoms with Gasteiger partial charge in [-0.2, -0.15) is 0 Å². The molecule has 3 aromatic rings. The van der Waals surface area contributed by atoms with Crippen LogP contribution in [0.2, 0.25) is 0 Å². The molecule has 0 spiro atoms. The number of pyridine rings is 1. The van der Waals surface area contributed by atoms with Crippen LogP contribution in [0.4, 0.5) is 5.95 Å². The van der Waals surface area contributed by atoms with Crippen LogP contribution >= 0.6 is 11.3 Å². The molecule has 3 rings (SSSR count). The van der Waals surface area contributed by atoms with Crippen molar-refractivity contribution in [3.63, 3.8) is 0 Å². The smallest absolute Gasteiger partial charge is 0.222 e. The highest BCUT2D eigenvalue weighted by molar-refractivity contribution is 7.13. The minimum absolute atomic E-state index is 0.612. The molecule has 0 radical (unpaired) electrons. The summed E-state index contributed by atoms with van der Waals surface area (Å²) in [5, 5.41) is 6.16. The van der Waals surface area contributed by atoms with Crippen molar-refractivity contribution in [3.8, 4) is 10.6 Å². The number of rotatable bonds is 4. The lowest BCUT2D eigenvalue weighted by molar-refractivity contribution is 1.02. The molecular weight excluding hydrogens is 258 g/mol. The summed E-state index contributed by atoms with van der Waals surface area (Å²) in [6, 6.07) is 5.70. The van der Waals surface area contributed by atoms with Gasteiger partial charge in [-0.3, -0.25) is 4.98 Å². The Morgan fingerprint density at radius 1 is 1.05 bits per heavy atom. The zero-order chi connectivity index (χ0) is 12.9. The number of aromatic nitrogens is 4. The maximum Gasteiger partial charge on any atom is 0.222 e. The number of thiazole rings is 1. The van der Waals surface area contributed by atoms with Gasteiger partial charge in [-0.05, 0) is 18.2 Å². The summed E-state index contributed by atoms with van der Waals surface area (Å²) in [5.74, 6) is 0.612. The third-order valence-electron chi connectivity index (χ3n) is 2.47. The van der Waals surface area contributed by atoms with E-state index in [0.29, 0.717) is 12.5 Å². The van der Waals surface area contributed by atoms with Crippen LogP contribution in [-0.4, -0.2) is 19.9 Å². The molecule has 0 atom stereocenters. The summed E-state index contributed by atoms with van der Waals surface area (Å²) in [4.78, 5) is 16.8. The standard InChI is InChI=1S/C13H11N5S/c1-4-15-13(16-5-1)17-8-11-9-19-12(18-11)10-2-6-14-7-3-10/h1-7,9H,8H2,(H,15,16,17). The number of anilines is 1. The van der Waals surface area contributed by atoms with Gasteiger partial charge in [0.25, 0.3) is 0 Å². The first-order valence-corrected chi connectivity index (χ1v) is 6.65. The number of hydrogen-bond donors (Lipinski definition) is 1. The Morgan fingerprint density at radius 2 is 1.84 bits per heavy atom. The molecule has 0 saturated heterocycles. The van der Waals surface area contributed by atoms with E-state index >= 15 is 0 Å².